The maximum atomic E-state index is 13.4. The Balaban J connectivity index is 1.68. The van der Waals surface area contributed by atoms with Crippen LogP contribution in [0.5, 0.6) is 0 Å². The lowest BCUT2D eigenvalue weighted by Gasteiger charge is -2.23. The number of aromatic nitrogens is 3. The van der Waals surface area contributed by atoms with Crippen molar-refractivity contribution in [2.24, 2.45) is 4.99 Å². The van der Waals surface area contributed by atoms with Gasteiger partial charge in [0.05, 0.1) is 23.2 Å². The third-order valence-corrected chi connectivity index (χ3v) is 6.33. The predicted molar refractivity (Wildman–Crippen MR) is 127 cm³/mol. The van der Waals surface area contributed by atoms with E-state index in [1.165, 1.54) is 10.3 Å². The molecule has 8 nitrogen and oxygen atoms in total. The highest BCUT2D eigenvalue weighted by Crippen LogP contribution is 2.27. The molecule has 1 N–H and O–H groups in total. The molecular weight excluding hydrogens is 432 g/mol. The van der Waals surface area contributed by atoms with E-state index in [1.54, 1.807) is 18.6 Å². The largest absolute Gasteiger partial charge is 0.593 e. The van der Waals surface area contributed by atoms with Gasteiger partial charge in [-0.2, -0.15) is 0 Å². The second-order valence-electron chi connectivity index (χ2n) is 6.60. The molecule has 2 unspecified atom stereocenters. The SMILES string of the molecule is C=N/C=C(\N1C=CC=CC1)[S+]([O-])n1ncc2ncc(-c3ccc(N[S+](C)[O-])cc3)cc21. The van der Waals surface area contributed by atoms with E-state index in [-0.39, 0.29) is 0 Å². The molecule has 4 rings (SSSR count). The number of nitrogens with one attached hydrogen (secondary N) is 1. The lowest BCUT2D eigenvalue weighted by atomic mass is 10.1. The van der Waals surface area contributed by atoms with Crippen LogP contribution in [0.2, 0.25) is 0 Å². The summed E-state index contributed by atoms with van der Waals surface area (Å²) in [5.74, 6) is 0. The monoisotopic (exact) mass is 452 g/mol. The Morgan fingerprint density at radius 1 is 1.19 bits per heavy atom. The Morgan fingerprint density at radius 2 is 2.00 bits per heavy atom. The normalized spacial score (nSPS) is 15.8. The number of benzene rings is 1. The zero-order valence-electron chi connectivity index (χ0n) is 16.7. The van der Waals surface area contributed by atoms with Gasteiger partial charge in [-0.1, -0.05) is 28.4 Å². The Hall–Kier alpha value is -3.05. The van der Waals surface area contributed by atoms with Gasteiger partial charge in [-0.25, -0.2) is 4.72 Å². The first-order valence-electron chi connectivity index (χ1n) is 9.29. The molecule has 158 valence electrons. The second kappa shape index (κ2) is 9.40. The van der Waals surface area contributed by atoms with Crippen molar-refractivity contribution in [2.45, 2.75) is 0 Å². The summed E-state index contributed by atoms with van der Waals surface area (Å²) in [6.45, 7) is 4.08. The molecule has 0 saturated carbocycles. The fourth-order valence-corrected chi connectivity index (χ4v) is 4.69. The number of nitrogens with zero attached hydrogens (tertiary/aromatic N) is 5. The summed E-state index contributed by atoms with van der Waals surface area (Å²) in [5.41, 5.74) is 3.81. The molecule has 31 heavy (non-hydrogen) atoms. The van der Waals surface area contributed by atoms with E-state index in [1.807, 2.05) is 59.7 Å². The van der Waals surface area contributed by atoms with E-state index in [0.29, 0.717) is 22.6 Å². The first-order chi connectivity index (χ1) is 15.1. The number of anilines is 1. The average molecular weight is 453 g/mol. The lowest BCUT2D eigenvalue weighted by molar-refractivity contribution is 0.514. The molecule has 1 aliphatic rings. The summed E-state index contributed by atoms with van der Waals surface area (Å²) < 4.78 is 29.0. The Morgan fingerprint density at radius 3 is 2.68 bits per heavy atom. The minimum absolute atomic E-state index is 0.467. The molecule has 2 atom stereocenters. The van der Waals surface area contributed by atoms with E-state index >= 15 is 0 Å². The smallest absolute Gasteiger partial charge is 0.273 e. The van der Waals surface area contributed by atoms with Crippen molar-refractivity contribution in [1.82, 2.24) is 19.1 Å². The maximum Gasteiger partial charge on any atom is 0.273 e. The number of aliphatic imine (C=N–C) groups is 1. The number of hydrogen-bond donors (Lipinski definition) is 1. The molecule has 10 heteroatoms. The quantitative estimate of drug-likeness (QED) is 0.436. The average Bonchev–Trinajstić information content (AvgIpc) is 3.21. The fourth-order valence-electron chi connectivity index (χ4n) is 3.09. The molecule has 2 aromatic heterocycles. The number of pyridine rings is 1. The molecule has 1 aliphatic heterocycles. The van der Waals surface area contributed by atoms with Gasteiger partial charge in [0.2, 0.25) is 0 Å². The van der Waals surface area contributed by atoms with E-state index in [9.17, 15) is 9.11 Å². The Kier molecular flexibility index (Phi) is 6.42. The van der Waals surface area contributed by atoms with E-state index in [4.69, 9.17) is 0 Å². The topological polar surface area (TPSA) is 104 Å². The van der Waals surface area contributed by atoms with E-state index in [2.05, 4.69) is 26.5 Å². The summed E-state index contributed by atoms with van der Waals surface area (Å²) in [4.78, 5) is 10.1. The standard InChI is InChI=1S/C21H20N6O2S2/c1-22-15-21(26-10-4-3-5-11-26)31(29)27-20-12-17(13-23-19(20)14-24-27)16-6-8-18(9-7-16)25-30(2)28/h3-10,12-15,25H,1,11H2,2H3/b21-15+. The van der Waals surface area contributed by atoms with Crippen molar-refractivity contribution in [1.29, 1.82) is 0 Å². The van der Waals surface area contributed by atoms with Crippen molar-refractivity contribution in [3.05, 3.63) is 78.4 Å². The first-order valence-corrected chi connectivity index (χ1v) is 12.0. The third-order valence-electron chi connectivity index (χ3n) is 4.50. The summed E-state index contributed by atoms with van der Waals surface area (Å²) in [6.07, 6.45) is 14.0. The lowest BCUT2D eigenvalue weighted by Crippen LogP contribution is -2.28. The highest BCUT2D eigenvalue weighted by atomic mass is 32.2. The zero-order valence-corrected chi connectivity index (χ0v) is 18.3. The molecule has 3 aromatic rings. The minimum atomic E-state index is -1.65. The predicted octanol–water partition coefficient (Wildman–Crippen LogP) is 3.20. The van der Waals surface area contributed by atoms with Gasteiger partial charge < -0.3 is 14.0 Å². The molecule has 0 radical (unpaired) electrons. The van der Waals surface area contributed by atoms with Crippen molar-refractivity contribution < 1.29 is 9.11 Å². The zero-order chi connectivity index (χ0) is 21.8. The number of allylic oxidation sites excluding steroid dienone is 2. The molecule has 0 fully saturated rings. The van der Waals surface area contributed by atoms with Crippen molar-refractivity contribution >= 4 is 46.2 Å². The van der Waals surface area contributed by atoms with Crippen molar-refractivity contribution in [3.63, 3.8) is 0 Å². The summed E-state index contributed by atoms with van der Waals surface area (Å²) in [5, 5.41) is 4.78. The number of rotatable bonds is 7. The second-order valence-corrected chi connectivity index (χ2v) is 8.98. The van der Waals surface area contributed by atoms with Gasteiger partial charge in [-0.05, 0) is 36.6 Å². The minimum Gasteiger partial charge on any atom is -0.593 e. The molecule has 0 spiro atoms. The van der Waals surface area contributed by atoms with Crippen LogP contribution < -0.4 is 4.72 Å². The molecule has 1 aromatic carbocycles. The van der Waals surface area contributed by atoms with Crippen LogP contribution in [-0.4, -0.2) is 47.7 Å². The molecule has 0 bridgehead atoms. The van der Waals surface area contributed by atoms with Crippen LogP contribution in [0.3, 0.4) is 0 Å². The van der Waals surface area contributed by atoms with Gasteiger partial charge in [-0.15, -0.1) is 5.10 Å². The van der Waals surface area contributed by atoms with Crippen LogP contribution >= 0.6 is 0 Å². The summed E-state index contributed by atoms with van der Waals surface area (Å²) >= 11 is -2.78. The highest BCUT2D eigenvalue weighted by Gasteiger charge is 2.27. The number of fused-ring (bicyclic) bond motifs is 1. The fraction of sp³-hybridized carbons (Fsp3) is 0.0952. The molecule has 0 amide bonds. The van der Waals surface area contributed by atoms with Crippen LogP contribution in [0.4, 0.5) is 5.69 Å². The molecule has 3 heterocycles. The van der Waals surface area contributed by atoms with Gasteiger partial charge in [0.15, 0.2) is 11.4 Å². The van der Waals surface area contributed by atoms with E-state index in [0.717, 1.165) is 16.8 Å². The van der Waals surface area contributed by atoms with Gasteiger partial charge in [0.1, 0.15) is 23.5 Å². The van der Waals surface area contributed by atoms with E-state index < -0.39 is 22.7 Å². The van der Waals surface area contributed by atoms with Gasteiger partial charge >= 0.3 is 0 Å². The van der Waals surface area contributed by atoms with Crippen LogP contribution in [0.15, 0.2) is 83.4 Å². The van der Waals surface area contributed by atoms with Crippen LogP contribution in [-0.2, 0) is 22.7 Å². The number of hydrogen-bond acceptors (Lipinski definition) is 7. The van der Waals surface area contributed by atoms with Crippen LogP contribution in [0, 0.1) is 0 Å². The van der Waals surface area contributed by atoms with Crippen molar-refractivity contribution in [2.75, 3.05) is 17.5 Å². The maximum absolute atomic E-state index is 13.4. The summed E-state index contributed by atoms with van der Waals surface area (Å²) in [6, 6.07) is 9.42. The van der Waals surface area contributed by atoms with Gasteiger partial charge in [0.25, 0.3) is 5.03 Å². The van der Waals surface area contributed by atoms with Crippen LogP contribution in [0.1, 0.15) is 0 Å². The molecule has 0 saturated heterocycles. The summed E-state index contributed by atoms with van der Waals surface area (Å²) in [7, 11) is 0. The van der Waals surface area contributed by atoms with Crippen LogP contribution in [0.25, 0.3) is 22.2 Å². The third kappa shape index (κ3) is 4.67. The van der Waals surface area contributed by atoms with Gasteiger partial charge in [-0.3, -0.25) is 9.98 Å². The molecular formula is C21H20N6O2S2. The Labute approximate surface area is 186 Å². The van der Waals surface area contributed by atoms with Gasteiger partial charge in [0, 0.05) is 24.5 Å². The van der Waals surface area contributed by atoms with Crippen molar-refractivity contribution in [3.8, 4) is 11.1 Å². The molecule has 0 aliphatic carbocycles. The first kappa shape index (κ1) is 21.2. The highest BCUT2D eigenvalue weighted by molar-refractivity contribution is 7.93. The Bertz CT molecular complexity index is 1170.